The van der Waals surface area contributed by atoms with Gasteiger partial charge in [-0.1, -0.05) is 40.5 Å². The van der Waals surface area contributed by atoms with E-state index in [-0.39, 0.29) is 34.4 Å². The molecule has 0 aliphatic heterocycles. The van der Waals surface area contributed by atoms with Crippen LogP contribution in [0, 0.1) is 39.9 Å². The van der Waals surface area contributed by atoms with Crippen molar-refractivity contribution in [3.63, 3.8) is 0 Å². The quantitative estimate of drug-likeness (QED) is 0.541. The predicted octanol–water partition coefficient (Wildman–Crippen LogP) is 5.63. The van der Waals surface area contributed by atoms with Crippen molar-refractivity contribution in [1.82, 2.24) is 0 Å². The van der Waals surface area contributed by atoms with Crippen molar-refractivity contribution in [2.75, 3.05) is 21.0 Å². The average molecular weight is 421 g/mol. The van der Waals surface area contributed by atoms with Crippen LogP contribution in [0.15, 0.2) is 0 Å². The first-order valence-electron chi connectivity index (χ1n) is 12.4. The highest BCUT2D eigenvalue weighted by molar-refractivity contribution is 5.88. The molecule has 30 heavy (non-hydrogen) atoms. The maximum Gasteiger partial charge on any atom is 0.146 e. The lowest BCUT2D eigenvalue weighted by Crippen LogP contribution is -2.63. The second-order valence-electron chi connectivity index (χ2n) is 11.6. The third-order valence-corrected chi connectivity index (χ3v) is 10.7. The number of ether oxygens (including phenoxy) is 3. The van der Waals surface area contributed by atoms with Gasteiger partial charge in [0, 0.05) is 31.0 Å². The molecule has 4 aliphatic rings. The molecule has 0 heterocycles. The molecule has 4 fully saturated rings. The molecule has 0 N–H and O–H groups in total. The van der Waals surface area contributed by atoms with Gasteiger partial charge >= 0.3 is 0 Å². The molecule has 0 aromatic heterocycles. The molecule has 0 spiro atoms. The summed E-state index contributed by atoms with van der Waals surface area (Å²) in [5, 5.41) is 0. The van der Waals surface area contributed by atoms with Gasteiger partial charge in [-0.2, -0.15) is 0 Å². The lowest BCUT2D eigenvalue weighted by molar-refractivity contribution is -0.222. The van der Waals surface area contributed by atoms with Crippen LogP contribution in [0.25, 0.3) is 0 Å². The zero-order valence-electron chi connectivity index (χ0n) is 20.2. The van der Waals surface area contributed by atoms with Crippen LogP contribution in [-0.4, -0.2) is 39.0 Å². The van der Waals surface area contributed by atoms with E-state index in [1.807, 2.05) is 7.11 Å². The van der Waals surface area contributed by atoms with Crippen molar-refractivity contribution in [3.05, 3.63) is 0 Å². The standard InChI is InChI=1S/C26H44O4/c1-17-11-13-26-14-12-20(29-6)22(26)25(17,4)21(30-16-28-5)15-24(3,23(27)18(26)2)19-9-7-8-10-19/h17-22H,7-16H2,1-6H3/t17-,18+,20-,21-,22?,24+,25+,26?/m1/s1. The van der Waals surface area contributed by atoms with Crippen LogP contribution >= 0.6 is 0 Å². The van der Waals surface area contributed by atoms with Gasteiger partial charge < -0.3 is 14.2 Å². The number of ketones is 1. The Bertz CT molecular complexity index is 643. The van der Waals surface area contributed by atoms with Gasteiger partial charge in [0.25, 0.3) is 0 Å². The number of rotatable bonds is 5. The molecule has 2 bridgehead atoms. The smallest absolute Gasteiger partial charge is 0.146 e. The largest absolute Gasteiger partial charge is 0.381 e. The van der Waals surface area contributed by atoms with Gasteiger partial charge in [-0.05, 0) is 68.1 Å². The molecule has 4 saturated carbocycles. The Labute approximate surface area is 183 Å². The summed E-state index contributed by atoms with van der Waals surface area (Å²) in [6, 6.07) is 0. The first kappa shape index (κ1) is 22.7. The van der Waals surface area contributed by atoms with Crippen LogP contribution in [0.3, 0.4) is 0 Å². The predicted molar refractivity (Wildman–Crippen MR) is 118 cm³/mol. The van der Waals surface area contributed by atoms with Crippen molar-refractivity contribution in [2.45, 2.75) is 97.7 Å². The second-order valence-corrected chi connectivity index (χ2v) is 11.6. The summed E-state index contributed by atoms with van der Waals surface area (Å²) in [5.74, 6) is 2.02. The van der Waals surface area contributed by atoms with Crippen LogP contribution in [0.2, 0.25) is 0 Å². The van der Waals surface area contributed by atoms with Gasteiger partial charge in [0.15, 0.2) is 0 Å². The minimum Gasteiger partial charge on any atom is -0.381 e. The van der Waals surface area contributed by atoms with E-state index in [0.29, 0.717) is 30.3 Å². The number of carbonyl (C=O) groups excluding carboxylic acids is 1. The molecular weight excluding hydrogens is 376 g/mol. The summed E-state index contributed by atoms with van der Waals surface area (Å²) < 4.78 is 18.0. The fourth-order valence-corrected chi connectivity index (χ4v) is 8.76. The molecule has 8 atom stereocenters. The number of hydrogen-bond acceptors (Lipinski definition) is 4. The maximum atomic E-state index is 14.3. The Morgan fingerprint density at radius 1 is 1.00 bits per heavy atom. The van der Waals surface area contributed by atoms with Crippen molar-refractivity contribution in [2.24, 2.45) is 39.9 Å². The first-order chi connectivity index (χ1) is 14.3. The van der Waals surface area contributed by atoms with E-state index in [1.165, 1.54) is 32.1 Å². The second kappa shape index (κ2) is 8.15. The van der Waals surface area contributed by atoms with Crippen molar-refractivity contribution in [3.8, 4) is 0 Å². The number of carbonyl (C=O) groups is 1. The van der Waals surface area contributed by atoms with Crippen LogP contribution in [-0.2, 0) is 19.0 Å². The van der Waals surface area contributed by atoms with E-state index >= 15 is 0 Å². The molecule has 4 nitrogen and oxygen atoms in total. The van der Waals surface area contributed by atoms with E-state index in [4.69, 9.17) is 14.2 Å². The van der Waals surface area contributed by atoms with Gasteiger partial charge in [0.2, 0.25) is 0 Å². The van der Waals surface area contributed by atoms with Gasteiger partial charge in [0.05, 0.1) is 12.2 Å². The third-order valence-electron chi connectivity index (χ3n) is 10.7. The highest BCUT2D eigenvalue weighted by Crippen LogP contribution is 2.69. The molecule has 2 unspecified atom stereocenters. The molecule has 4 aliphatic carbocycles. The maximum absolute atomic E-state index is 14.3. The molecule has 0 radical (unpaired) electrons. The zero-order chi connectivity index (χ0) is 21.7. The van der Waals surface area contributed by atoms with Crippen molar-refractivity contribution in [1.29, 1.82) is 0 Å². The Morgan fingerprint density at radius 3 is 2.30 bits per heavy atom. The Kier molecular flexibility index (Phi) is 6.18. The molecule has 0 aromatic carbocycles. The number of methoxy groups -OCH3 is 2. The summed E-state index contributed by atoms with van der Waals surface area (Å²) in [4.78, 5) is 14.3. The monoisotopic (exact) mass is 420 g/mol. The van der Waals surface area contributed by atoms with Crippen molar-refractivity contribution < 1.29 is 19.0 Å². The van der Waals surface area contributed by atoms with Gasteiger partial charge in [-0.25, -0.2) is 0 Å². The van der Waals surface area contributed by atoms with E-state index < -0.39 is 0 Å². The minimum atomic E-state index is -0.296. The SMILES string of the molecule is COCO[C@@H]1C[C@@](C)(C2CCCC2)C(=O)[C@H](C)C23CC[C@@H](C)[C@]1(C)C2[C@H](OC)CC3. The normalized spacial score (nSPS) is 49.7. The third kappa shape index (κ3) is 3.07. The Hall–Kier alpha value is -0.450. The van der Waals surface area contributed by atoms with Crippen molar-refractivity contribution >= 4 is 5.78 Å². The van der Waals surface area contributed by atoms with Crippen LogP contribution in [0.4, 0.5) is 0 Å². The van der Waals surface area contributed by atoms with Crippen LogP contribution in [0.1, 0.15) is 85.5 Å². The van der Waals surface area contributed by atoms with Gasteiger partial charge in [-0.15, -0.1) is 0 Å². The van der Waals surface area contributed by atoms with E-state index in [1.54, 1.807) is 7.11 Å². The molecule has 0 saturated heterocycles. The summed E-state index contributed by atoms with van der Waals surface area (Å²) in [5.41, 5.74) is -0.257. The summed E-state index contributed by atoms with van der Waals surface area (Å²) in [7, 11) is 3.57. The summed E-state index contributed by atoms with van der Waals surface area (Å²) in [6.45, 7) is 9.74. The minimum absolute atomic E-state index is 0.0111. The summed E-state index contributed by atoms with van der Waals surface area (Å²) >= 11 is 0. The van der Waals surface area contributed by atoms with E-state index in [9.17, 15) is 4.79 Å². The highest BCUT2D eigenvalue weighted by atomic mass is 16.7. The zero-order valence-corrected chi connectivity index (χ0v) is 20.2. The average Bonchev–Trinajstić information content (AvgIpc) is 3.41. The van der Waals surface area contributed by atoms with Gasteiger partial charge in [-0.3, -0.25) is 4.79 Å². The van der Waals surface area contributed by atoms with Crippen LogP contribution in [0.5, 0.6) is 0 Å². The fraction of sp³-hybridized carbons (Fsp3) is 0.962. The Morgan fingerprint density at radius 2 is 1.67 bits per heavy atom. The molecule has 172 valence electrons. The van der Waals surface area contributed by atoms with Gasteiger partial charge in [0.1, 0.15) is 12.6 Å². The number of Topliss-reactive ketones (excluding diaryl/α,β-unsaturated/α-hetero) is 1. The molecular formula is C26H44O4. The fourth-order valence-electron chi connectivity index (χ4n) is 8.76. The molecule has 4 heteroatoms. The highest BCUT2D eigenvalue weighted by Gasteiger charge is 2.68. The van der Waals surface area contributed by atoms with E-state index in [0.717, 1.165) is 25.7 Å². The number of hydrogen-bond donors (Lipinski definition) is 0. The Balaban J connectivity index is 1.86. The molecule has 0 amide bonds. The lowest BCUT2D eigenvalue weighted by Gasteiger charge is -2.62. The molecule has 0 aromatic rings. The van der Waals surface area contributed by atoms with Crippen LogP contribution < -0.4 is 0 Å². The topological polar surface area (TPSA) is 44.8 Å². The summed E-state index contributed by atoms with van der Waals surface area (Å²) in [6.07, 6.45) is 10.5. The lowest BCUT2D eigenvalue weighted by atomic mass is 9.43. The first-order valence-corrected chi connectivity index (χ1v) is 12.4. The molecule has 4 rings (SSSR count). The van der Waals surface area contributed by atoms with E-state index in [2.05, 4.69) is 27.7 Å².